The summed E-state index contributed by atoms with van der Waals surface area (Å²) in [6.45, 7) is 3.98. The Balaban J connectivity index is 1.65. The van der Waals surface area contributed by atoms with Gasteiger partial charge in [0.05, 0.1) is 18.7 Å². The van der Waals surface area contributed by atoms with E-state index in [1.54, 1.807) is 11.8 Å². The van der Waals surface area contributed by atoms with Gasteiger partial charge in [-0.1, -0.05) is 55.2 Å². The van der Waals surface area contributed by atoms with Crippen molar-refractivity contribution >= 4 is 34.4 Å². The molecule has 0 bridgehead atoms. The number of ether oxygens (including phenoxy) is 1. The van der Waals surface area contributed by atoms with Crippen molar-refractivity contribution in [3.63, 3.8) is 0 Å². The Morgan fingerprint density at radius 2 is 1.75 bits per heavy atom. The van der Waals surface area contributed by atoms with Crippen LogP contribution in [-0.2, 0) is 19.1 Å². The van der Waals surface area contributed by atoms with E-state index in [4.69, 9.17) is 4.74 Å². The fraction of sp³-hybridized carbons (Fsp3) is 0.414. The molecular formula is C29H33N3O4. The zero-order valence-electron chi connectivity index (χ0n) is 20.9. The largest absolute Gasteiger partial charge is 0.466 e. The molecule has 1 aliphatic carbocycles. The van der Waals surface area contributed by atoms with Crippen molar-refractivity contribution in [3.8, 4) is 0 Å². The summed E-state index contributed by atoms with van der Waals surface area (Å²) >= 11 is 0. The lowest BCUT2D eigenvalue weighted by atomic mass is 9.94. The average molecular weight is 488 g/mol. The number of aromatic nitrogens is 1. The van der Waals surface area contributed by atoms with Crippen molar-refractivity contribution in [2.45, 2.75) is 70.5 Å². The van der Waals surface area contributed by atoms with Crippen molar-refractivity contribution in [3.05, 3.63) is 65.9 Å². The van der Waals surface area contributed by atoms with Gasteiger partial charge in [0.15, 0.2) is 6.04 Å². The second kappa shape index (κ2) is 10.2. The number of carbonyl (C=O) groups excluding carboxylic acids is 3. The summed E-state index contributed by atoms with van der Waals surface area (Å²) in [4.78, 5) is 42.3. The molecule has 1 aromatic heterocycles. The smallest absolute Gasteiger partial charge is 0.308 e. The number of aryl methyl sites for hydroxylation is 1. The minimum absolute atomic E-state index is 0.0995. The van der Waals surface area contributed by atoms with Gasteiger partial charge in [-0.2, -0.15) is 0 Å². The van der Waals surface area contributed by atoms with Crippen LogP contribution in [0.1, 0.15) is 68.8 Å². The number of para-hydroxylation sites is 1. The van der Waals surface area contributed by atoms with E-state index in [0.29, 0.717) is 11.4 Å². The van der Waals surface area contributed by atoms with Crippen LogP contribution >= 0.6 is 0 Å². The minimum atomic E-state index is -0.840. The predicted molar refractivity (Wildman–Crippen MR) is 139 cm³/mol. The van der Waals surface area contributed by atoms with Crippen molar-refractivity contribution in [1.82, 2.24) is 9.88 Å². The van der Waals surface area contributed by atoms with Gasteiger partial charge in [-0.3, -0.25) is 19.3 Å². The molecule has 0 radical (unpaired) electrons. The van der Waals surface area contributed by atoms with E-state index in [0.717, 1.165) is 42.1 Å². The van der Waals surface area contributed by atoms with Crippen LogP contribution in [0, 0.1) is 6.92 Å². The van der Waals surface area contributed by atoms with Crippen LogP contribution in [0.3, 0.4) is 0 Å². The van der Waals surface area contributed by atoms with Crippen LogP contribution in [0.15, 0.2) is 54.6 Å². The molecule has 2 aliphatic rings. The van der Waals surface area contributed by atoms with Crippen LogP contribution in [0.5, 0.6) is 0 Å². The number of anilines is 1. The van der Waals surface area contributed by atoms with E-state index in [-0.39, 0.29) is 30.9 Å². The van der Waals surface area contributed by atoms with E-state index in [9.17, 15) is 14.4 Å². The maximum atomic E-state index is 14.2. The molecule has 1 N–H and O–H groups in total. The number of esters is 1. The number of nitrogens with one attached hydrogen (secondary N) is 1. The molecule has 2 amide bonds. The summed E-state index contributed by atoms with van der Waals surface area (Å²) in [6.07, 6.45) is 5.18. The van der Waals surface area contributed by atoms with Crippen LogP contribution in [-0.4, -0.2) is 35.0 Å². The number of fused-ring (bicyclic) bond motifs is 3. The third-order valence-corrected chi connectivity index (χ3v) is 7.33. The van der Waals surface area contributed by atoms with E-state index < -0.39 is 18.1 Å². The first-order chi connectivity index (χ1) is 17.5. The van der Waals surface area contributed by atoms with Gasteiger partial charge in [0, 0.05) is 17.2 Å². The van der Waals surface area contributed by atoms with Crippen molar-refractivity contribution in [2.75, 3.05) is 11.5 Å². The van der Waals surface area contributed by atoms with Gasteiger partial charge in [-0.05, 0) is 56.3 Å². The zero-order chi connectivity index (χ0) is 25.2. The van der Waals surface area contributed by atoms with Crippen molar-refractivity contribution < 1.29 is 19.1 Å². The van der Waals surface area contributed by atoms with Crippen LogP contribution in [0.25, 0.3) is 10.9 Å². The Bertz CT molecular complexity index is 1270. The number of nitrogens with zero attached hydrogens (tertiary/aromatic N) is 2. The first kappa shape index (κ1) is 24.1. The number of hydrogen-bond acceptors (Lipinski definition) is 4. The Morgan fingerprint density at radius 3 is 2.47 bits per heavy atom. The van der Waals surface area contributed by atoms with Gasteiger partial charge in [0.2, 0.25) is 5.91 Å². The van der Waals surface area contributed by atoms with Gasteiger partial charge < -0.3 is 14.6 Å². The summed E-state index contributed by atoms with van der Waals surface area (Å²) in [5, 5.41) is 4.17. The molecule has 5 rings (SSSR count). The normalized spacial score (nSPS) is 20.3. The molecule has 2 aromatic carbocycles. The molecule has 2 heterocycles. The van der Waals surface area contributed by atoms with E-state index >= 15 is 0 Å². The molecule has 0 saturated heterocycles. The Labute approximate surface area is 211 Å². The summed E-state index contributed by atoms with van der Waals surface area (Å²) < 4.78 is 7.11. The van der Waals surface area contributed by atoms with E-state index in [2.05, 4.69) is 5.32 Å². The molecule has 36 heavy (non-hydrogen) atoms. The molecular weight excluding hydrogens is 454 g/mol. The highest BCUT2D eigenvalue weighted by Crippen LogP contribution is 2.41. The Kier molecular flexibility index (Phi) is 6.81. The average Bonchev–Trinajstić information content (AvgIpc) is 3.26. The molecule has 0 spiro atoms. The maximum Gasteiger partial charge on any atom is 0.308 e. The molecule has 2 unspecified atom stereocenters. The quantitative estimate of drug-likeness (QED) is 0.497. The molecule has 7 nitrogen and oxygen atoms in total. The van der Waals surface area contributed by atoms with Gasteiger partial charge in [-0.15, -0.1) is 0 Å². The lowest BCUT2D eigenvalue weighted by Gasteiger charge is -2.40. The summed E-state index contributed by atoms with van der Waals surface area (Å²) in [5.41, 5.74) is 3.23. The molecule has 3 aromatic rings. The first-order valence-corrected chi connectivity index (χ1v) is 12.9. The topological polar surface area (TPSA) is 80.6 Å². The predicted octanol–water partition coefficient (Wildman–Crippen LogP) is 4.98. The Morgan fingerprint density at radius 1 is 1.03 bits per heavy atom. The second-order valence-corrected chi connectivity index (χ2v) is 9.81. The lowest BCUT2D eigenvalue weighted by molar-refractivity contribution is -0.146. The van der Waals surface area contributed by atoms with Crippen LogP contribution in [0.4, 0.5) is 5.69 Å². The molecule has 1 aliphatic heterocycles. The zero-order valence-corrected chi connectivity index (χ0v) is 20.9. The monoisotopic (exact) mass is 487 g/mol. The third-order valence-electron chi connectivity index (χ3n) is 7.33. The van der Waals surface area contributed by atoms with Gasteiger partial charge in [0.25, 0.3) is 5.91 Å². The molecule has 1 fully saturated rings. The molecule has 2 atom stereocenters. The van der Waals surface area contributed by atoms with Crippen LogP contribution in [0.2, 0.25) is 0 Å². The van der Waals surface area contributed by atoms with Crippen molar-refractivity contribution in [1.29, 1.82) is 0 Å². The summed E-state index contributed by atoms with van der Waals surface area (Å²) in [7, 11) is 0. The number of hydrogen-bond donors (Lipinski definition) is 1. The van der Waals surface area contributed by atoms with Crippen molar-refractivity contribution in [2.24, 2.45) is 0 Å². The molecule has 1 saturated carbocycles. The highest BCUT2D eigenvalue weighted by atomic mass is 16.5. The third kappa shape index (κ3) is 4.50. The number of amides is 2. The van der Waals surface area contributed by atoms with Gasteiger partial charge in [0.1, 0.15) is 6.04 Å². The summed E-state index contributed by atoms with van der Waals surface area (Å²) in [5.74, 6) is -0.910. The fourth-order valence-corrected chi connectivity index (χ4v) is 5.60. The fourth-order valence-electron chi connectivity index (χ4n) is 5.60. The standard InChI is InChI=1S/C29H33N3O4/c1-3-36-26(33)18-25-29(35)31(22-15-13-19(2)14-16-22)27(28(34)30-21-10-5-4-6-11-21)24-17-20-9-7-8-12-23(20)32(24)25/h7-9,12-17,21,25,27H,3-6,10-11,18H2,1-2H3,(H,30,34). The SMILES string of the molecule is CCOC(=O)CC1C(=O)N(c2ccc(C)cc2)C(C(=O)NC2CCCCC2)c2cc3ccccc3n21. The number of benzene rings is 2. The Hall–Kier alpha value is -3.61. The number of carbonyl (C=O) groups is 3. The maximum absolute atomic E-state index is 14.2. The van der Waals surface area contributed by atoms with Gasteiger partial charge in [-0.25, -0.2) is 0 Å². The second-order valence-electron chi connectivity index (χ2n) is 9.81. The molecule has 188 valence electrons. The van der Waals surface area contributed by atoms with E-state index in [1.807, 2.05) is 66.1 Å². The number of rotatable bonds is 6. The van der Waals surface area contributed by atoms with Gasteiger partial charge >= 0.3 is 5.97 Å². The lowest BCUT2D eigenvalue weighted by Crippen LogP contribution is -2.53. The minimum Gasteiger partial charge on any atom is -0.466 e. The van der Waals surface area contributed by atoms with Crippen LogP contribution < -0.4 is 10.2 Å². The molecule has 7 heteroatoms. The van der Waals surface area contributed by atoms with E-state index in [1.165, 1.54) is 6.42 Å². The first-order valence-electron chi connectivity index (χ1n) is 12.9. The highest BCUT2D eigenvalue weighted by molar-refractivity contribution is 6.07. The highest BCUT2D eigenvalue weighted by Gasteiger charge is 2.45. The summed E-state index contributed by atoms with van der Waals surface area (Å²) in [6, 6.07) is 15.8.